The smallest absolute Gasteiger partial charge is 0.314 e. The SMILES string of the molecule is CC(C)(C)C(=O)OCCNC(=O)NCC(C(=N)c1ccc(F)cc1)N1CCCC1=O. The third-order valence-electron chi connectivity index (χ3n) is 4.66. The van der Waals surface area contributed by atoms with Crippen LogP contribution in [0.25, 0.3) is 0 Å². The predicted molar refractivity (Wildman–Crippen MR) is 110 cm³/mol. The zero-order valence-corrected chi connectivity index (χ0v) is 17.6. The molecule has 0 aromatic heterocycles. The van der Waals surface area contributed by atoms with Crippen LogP contribution in [0.15, 0.2) is 24.3 Å². The maximum absolute atomic E-state index is 13.2. The van der Waals surface area contributed by atoms with E-state index >= 15 is 0 Å². The molecule has 1 aliphatic heterocycles. The second-order valence-corrected chi connectivity index (χ2v) is 8.15. The van der Waals surface area contributed by atoms with Gasteiger partial charge in [-0.25, -0.2) is 9.18 Å². The van der Waals surface area contributed by atoms with Gasteiger partial charge >= 0.3 is 12.0 Å². The van der Waals surface area contributed by atoms with Crippen LogP contribution in [0.4, 0.5) is 9.18 Å². The van der Waals surface area contributed by atoms with E-state index in [0.29, 0.717) is 24.9 Å². The number of amides is 3. The Morgan fingerprint density at radius 3 is 2.47 bits per heavy atom. The fourth-order valence-corrected chi connectivity index (χ4v) is 2.97. The Hall–Kier alpha value is -2.97. The van der Waals surface area contributed by atoms with Gasteiger partial charge in [0.15, 0.2) is 0 Å². The fourth-order valence-electron chi connectivity index (χ4n) is 2.97. The first-order chi connectivity index (χ1) is 14.1. The fraction of sp³-hybridized carbons (Fsp3) is 0.524. The summed E-state index contributed by atoms with van der Waals surface area (Å²) in [5.74, 6) is -0.849. The number of rotatable bonds is 8. The minimum atomic E-state index is -0.657. The summed E-state index contributed by atoms with van der Waals surface area (Å²) in [5.41, 5.74) is 0.000379. The molecule has 30 heavy (non-hydrogen) atoms. The van der Waals surface area contributed by atoms with E-state index in [0.717, 1.165) is 0 Å². The number of esters is 1. The molecule has 1 aliphatic rings. The predicted octanol–water partition coefficient (Wildman–Crippen LogP) is 2.07. The minimum absolute atomic E-state index is 0.0373. The van der Waals surface area contributed by atoms with Crippen molar-refractivity contribution in [2.45, 2.75) is 39.7 Å². The summed E-state index contributed by atoms with van der Waals surface area (Å²) in [4.78, 5) is 37.6. The number of nitrogens with zero attached hydrogens (tertiary/aromatic N) is 1. The van der Waals surface area contributed by atoms with Gasteiger partial charge in [-0.3, -0.25) is 9.59 Å². The molecule has 164 valence electrons. The number of ether oxygens (including phenoxy) is 1. The van der Waals surface area contributed by atoms with E-state index in [1.54, 1.807) is 25.7 Å². The van der Waals surface area contributed by atoms with E-state index in [1.807, 2.05) is 0 Å². The lowest BCUT2D eigenvalue weighted by atomic mass is 9.97. The second kappa shape index (κ2) is 10.2. The van der Waals surface area contributed by atoms with Crippen LogP contribution in [0.2, 0.25) is 0 Å². The van der Waals surface area contributed by atoms with Crippen LogP contribution < -0.4 is 10.6 Å². The van der Waals surface area contributed by atoms with E-state index in [2.05, 4.69) is 10.6 Å². The van der Waals surface area contributed by atoms with Crippen LogP contribution in [-0.2, 0) is 14.3 Å². The van der Waals surface area contributed by atoms with Crippen LogP contribution in [0.1, 0.15) is 39.2 Å². The number of halogens is 1. The number of hydrogen-bond acceptors (Lipinski definition) is 5. The van der Waals surface area contributed by atoms with Crippen LogP contribution in [0, 0.1) is 16.6 Å². The van der Waals surface area contributed by atoms with Crippen molar-refractivity contribution in [3.8, 4) is 0 Å². The molecule has 0 spiro atoms. The molecule has 0 saturated carbocycles. The molecule has 1 heterocycles. The summed E-state index contributed by atoms with van der Waals surface area (Å²) in [6.07, 6.45) is 1.09. The van der Waals surface area contributed by atoms with Crippen LogP contribution in [0.5, 0.6) is 0 Å². The summed E-state index contributed by atoms with van der Waals surface area (Å²) >= 11 is 0. The van der Waals surface area contributed by atoms with Crippen LogP contribution in [0.3, 0.4) is 0 Å². The average Bonchev–Trinajstić information content (AvgIpc) is 3.10. The molecular weight excluding hydrogens is 391 g/mol. The molecule has 1 unspecified atom stereocenters. The molecule has 1 aromatic carbocycles. The Labute approximate surface area is 175 Å². The highest BCUT2D eigenvalue weighted by Gasteiger charge is 2.31. The standard InChI is InChI=1S/C21H29FN4O4/c1-21(2,3)19(28)30-12-10-24-20(29)25-13-16(26-11-4-5-17(26)27)18(23)14-6-8-15(22)9-7-14/h6-9,16,23H,4-5,10-13H2,1-3H3,(H2,24,25,29). The Balaban J connectivity index is 1.90. The van der Waals surface area contributed by atoms with Gasteiger partial charge < -0.3 is 25.7 Å². The highest BCUT2D eigenvalue weighted by Crippen LogP contribution is 2.17. The number of carbonyl (C=O) groups is 3. The van der Waals surface area contributed by atoms with Crippen molar-refractivity contribution >= 4 is 23.6 Å². The monoisotopic (exact) mass is 420 g/mol. The van der Waals surface area contributed by atoms with E-state index in [4.69, 9.17) is 10.1 Å². The van der Waals surface area contributed by atoms with Crippen molar-refractivity contribution in [2.75, 3.05) is 26.2 Å². The third-order valence-corrected chi connectivity index (χ3v) is 4.66. The first-order valence-corrected chi connectivity index (χ1v) is 9.92. The Kier molecular flexibility index (Phi) is 7.91. The molecule has 1 atom stereocenters. The van der Waals surface area contributed by atoms with Gasteiger partial charge in [0.05, 0.1) is 23.7 Å². The molecule has 1 saturated heterocycles. The number of carbonyl (C=O) groups excluding carboxylic acids is 3. The van der Waals surface area contributed by atoms with Gasteiger partial charge in [-0.1, -0.05) is 12.1 Å². The number of benzene rings is 1. The second-order valence-electron chi connectivity index (χ2n) is 8.15. The Bertz CT molecular complexity index is 789. The summed E-state index contributed by atoms with van der Waals surface area (Å²) in [7, 11) is 0. The molecule has 1 fully saturated rings. The first-order valence-electron chi connectivity index (χ1n) is 9.92. The summed E-state index contributed by atoms with van der Waals surface area (Å²) < 4.78 is 18.3. The number of nitrogens with one attached hydrogen (secondary N) is 3. The zero-order chi connectivity index (χ0) is 22.3. The van der Waals surface area contributed by atoms with Gasteiger partial charge in [-0.05, 0) is 44.9 Å². The van der Waals surface area contributed by atoms with Crippen LogP contribution in [-0.4, -0.2) is 60.8 Å². The van der Waals surface area contributed by atoms with E-state index in [-0.39, 0.29) is 37.3 Å². The molecule has 3 amide bonds. The molecule has 2 rings (SSSR count). The molecule has 1 aromatic rings. The third kappa shape index (κ3) is 6.53. The summed E-state index contributed by atoms with van der Waals surface area (Å²) in [6.45, 7) is 5.94. The van der Waals surface area contributed by atoms with Gasteiger partial charge in [0.2, 0.25) is 5.91 Å². The van der Waals surface area contributed by atoms with E-state index in [9.17, 15) is 18.8 Å². The topological polar surface area (TPSA) is 112 Å². The molecule has 0 bridgehead atoms. The molecule has 0 aliphatic carbocycles. The average molecular weight is 420 g/mol. The van der Waals surface area contributed by atoms with Crippen molar-refractivity contribution in [1.29, 1.82) is 5.41 Å². The molecule has 3 N–H and O–H groups in total. The molecular formula is C21H29FN4O4. The number of hydrogen-bond donors (Lipinski definition) is 3. The zero-order valence-electron chi connectivity index (χ0n) is 17.6. The van der Waals surface area contributed by atoms with Crippen molar-refractivity contribution in [2.24, 2.45) is 5.41 Å². The first kappa shape index (κ1) is 23.3. The Morgan fingerprint density at radius 1 is 1.23 bits per heavy atom. The lowest BCUT2D eigenvalue weighted by Gasteiger charge is -2.29. The van der Waals surface area contributed by atoms with Crippen molar-refractivity contribution in [3.63, 3.8) is 0 Å². The maximum atomic E-state index is 13.2. The minimum Gasteiger partial charge on any atom is -0.463 e. The van der Waals surface area contributed by atoms with Crippen molar-refractivity contribution in [3.05, 3.63) is 35.6 Å². The normalized spacial score (nSPS) is 14.9. The van der Waals surface area contributed by atoms with E-state index < -0.39 is 23.3 Å². The number of likely N-dealkylation sites (tertiary alicyclic amines) is 1. The quantitative estimate of drug-likeness (QED) is 0.340. The Morgan fingerprint density at radius 2 is 1.90 bits per heavy atom. The molecule has 0 radical (unpaired) electrons. The highest BCUT2D eigenvalue weighted by atomic mass is 19.1. The van der Waals surface area contributed by atoms with Crippen molar-refractivity contribution < 1.29 is 23.5 Å². The van der Waals surface area contributed by atoms with Crippen LogP contribution >= 0.6 is 0 Å². The van der Waals surface area contributed by atoms with Gasteiger partial charge in [-0.2, -0.15) is 0 Å². The highest BCUT2D eigenvalue weighted by molar-refractivity contribution is 6.04. The van der Waals surface area contributed by atoms with Crippen molar-refractivity contribution in [1.82, 2.24) is 15.5 Å². The van der Waals surface area contributed by atoms with E-state index in [1.165, 1.54) is 24.3 Å². The summed E-state index contributed by atoms with van der Waals surface area (Å²) in [6, 6.07) is 4.32. The lowest BCUT2D eigenvalue weighted by Crippen LogP contribution is -2.51. The summed E-state index contributed by atoms with van der Waals surface area (Å²) in [5, 5.41) is 13.7. The maximum Gasteiger partial charge on any atom is 0.314 e. The molecule has 9 heteroatoms. The number of urea groups is 1. The molecule has 8 nitrogen and oxygen atoms in total. The van der Waals surface area contributed by atoms with Gasteiger partial charge in [0.1, 0.15) is 12.4 Å². The van der Waals surface area contributed by atoms with Gasteiger partial charge in [-0.15, -0.1) is 0 Å². The van der Waals surface area contributed by atoms with Gasteiger partial charge in [0.25, 0.3) is 0 Å². The van der Waals surface area contributed by atoms with Gasteiger partial charge in [0, 0.05) is 19.5 Å². The largest absolute Gasteiger partial charge is 0.463 e. The lowest BCUT2D eigenvalue weighted by molar-refractivity contribution is -0.152.